The van der Waals surface area contributed by atoms with E-state index in [1.807, 2.05) is 12.2 Å². The molecule has 1 aliphatic carbocycles. The van der Waals surface area contributed by atoms with Crippen LogP contribution in [0.15, 0.2) is 30.4 Å². The summed E-state index contributed by atoms with van der Waals surface area (Å²) >= 11 is 0. The van der Waals surface area contributed by atoms with E-state index in [9.17, 15) is 18.8 Å². The summed E-state index contributed by atoms with van der Waals surface area (Å²) in [5.41, 5.74) is -0.445. The van der Waals surface area contributed by atoms with Crippen LogP contribution in [0.5, 0.6) is 0 Å². The zero-order chi connectivity index (χ0) is 15.1. The summed E-state index contributed by atoms with van der Waals surface area (Å²) in [7, 11) is 0. The van der Waals surface area contributed by atoms with Gasteiger partial charge in [0.15, 0.2) is 0 Å². The van der Waals surface area contributed by atoms with Gasteiger partial charge in [-0.1, -0.05) is 12.2 Å². The van der Waals surface area contributed by atoms with Gasteiger partial charge in [-0.25, -0.2) is 14.1 Å². The molecule has 0 saturated carbocycles. The molecule has 108 valence electrons. The summed E-state index contributed by atoms with van der Waals surface area (Å²) in [5.74, 6) is -3.90. The first kappa shape index (κ1) is 13.5. The van der Waals surface area contributed by atoms with Gasteiger partial charge in [-0.05, 0) is 31.0 Å². The van der Waals surface area contributed by atoms with Gasteiger partial charge in [0, 0.05) is 0 Å². The Morgan fingerprint density at radius 2 is 1.71 bits per heavy atom. The molecule has 21 heavy (non-hydrogen) atoms. The number of carboxylic acids is 1. The number of hydrogen-bond acceptors (Lipinski definition) is 3. The average Bonchev–Trinajstić information content (AvgIpc) is 2.72. The molecule has 0 spiro atoms. The third-order valence-corrected chi connectivity index (χ3v) is 3.94. The van der Waals surface area contributed by atoms with Crippen LogP contribution in [0, 0.1) is 17.7 Å². The van der Waals surface area contributed by atoms with Crippen molar-refractivity contribution in [2.24, 2.45) is 11.8 Å². The molecule has 2 atom stereocenters. The number of amides is 2. The van der Waals surface area contributed by atoms with Crippen molar-refractivity contribution in [2.45, 2.75) is 12.8 Å². The third kappa shape index (κ3) is 2.03. The maximum atomic E-state index is 14.0. The molecule has 2 amide bonds. The van der Waals surface area contributed by atoms with Crippen LogP contribution in [0.3, 0.4) is 0 Å². The molecule has 1 saturated heterocycles. The van der Waals surface area contributed by atoms with E-state index < -0.39 is 35.4 Å². The SMILES string of the molecule is O=C(O)c1ccc(F)c(N2C(=O)[C@H]3CC=CC[C@H]3C2=O)c1. The van der Waals surface area contributed by atoms with Crippen LogP contribution >= 0.6 is 0 Å². The maximum Gasteiger partial charge on any atom is 0.335 e. The van der Waals surface area contributed by atoms with Gasteiger partial charge in [-0.15, -0.1) is 0 Å². The number of carbonyl (C=O) groups excluding carboxylic acids is 2. The van der Waals surface area contributed by atoms with Gasteiger partial charge in [-0.3, -0.25) is 9.59 Å². The zero-order valence-corrected chi connectivity index (χ0v) is 11.0. The Labute approximate surface area is 119 Å². The smallest absolute Gasteiger partial charge is 0.335 e. The van der Waals surface area contributed by atoms with Gasteiger partial charge in [0.1, 0.15) is 5.82 Å². The quantitative estimate of drug-likeness (QED) is 0.667. The molecule has 6 heteroatoms. The highest BCUT2D eigenvalue weighted by molar-refractivity contribution is 6.22. The fraction of sp³-hybridized carbons (Fsp3) is 0.267. The highest BCUT2D eigenvalue weighted by Crippen LogP contribution is 2.38. The van der Waals surface area contributed by atoms with E-state index in [0.29, 0.717) is 12.8 Å². The Hall–Kier alpha value is -2.50. The topological polar surface area (TPSA) is 74.7 Å². The standard InChI is InChI=1S/C15H12FNO4/c16-11-6-5-8(15(20)21)7-12(11)17-13(18)9-3-1-2-4-10(9)14(17)19/h1-2,5-7,9-10H,3-4H2,(H,20,21)/t9-,10+. The predicted octanol–water partition coefficient (Wildman–Crippen LogP) is 1.98. The highest BCUT2D eigenvalue weighted by atomic mass is 19.1. The van der Waals surface area contributed by atoms with Gasteiger partial charge < -0.3 is 5.11 Å². The number of carboxylic acid groups (broad SMARTS) is 1. The summed E-state index contributed by atoms with van der Waals surface area (Å²) in [6, 6.07) is 3.08. The van der Waals surface area contributed by atoms with E-state index in [1.54, 1.807) is 0 Å². The molecule has 1 aliphatic heterocycles. The van der Waals surface area contributed by atoms with Gasteiger partial charge in [0.25, 0.3) is 0 Å². The Morgan fingerprint density at radius 3 is 2.24 bits per heavy atom. The van der Waals surface area contributed by atoms with Crippen molar-refractivity contribution in [3.05, 3.63) is 41.7 Å². The lowest BCUT2D eigenvalue weighted by Gasteiger charge is -2.16. The minimum atomic E-state index is -1.24. The molecule has 1 heterocycles. The van der Waals surface area contributed by atoms with Crippen molar-refractivity contribution in [3.63, 3.8) is 0 Å². The maximum absolute atomic E-state index is 14.0. The lowest BCUT2D eigenvalue weighted by atomic mass is 9.85. The monoisotopic (exact) mass is 289 g/mol. The molecule has 3 rings (SSSR count). The summed E-state index contributed by atoms with van der Waals surface area (Å²) in [6.07, 6.45) is 4.57. The van der Waals surface area contributed by atoms with E-state index in [0.717, 1.165) is 23.1 Å². The van der Waals surface area contributed by atoms with Crippen LogP contribution in [-0.2, 0) is 9.59 Å². The minimum absolute atomic E-state index is 0.167. The van der Waals surface area contributed by atoms with E-state index >= 15 is 0 Å². The number of halogens is 1. The fourth-order valence-electron chi connectivity index (χ4n) is 2.85. The van der Waals surface area contributed by atoms with Crippen molar-refractivity contribution in [3.8, 4) is 0 Å². The molecular weight excluding hydrogens is 277 g/mol. The summed E-state index contributed by atoms with van der Waals surface area (Å²) in [4.78, 5) is 36.5. The van der Waals surface area contributed by atoms with Crippen molar-refractivity contribution < 1.29 is 23.9 Å². The second-order valence-electron chi connectivity index (χ2n) is 5.14. The highest BCUT2D eigenvalue weighted by Gasteiger charge is 2.48. The molecule has 0 aromatic heterocycles. The normalized spacial score (nSPS) is 24.3. The molecule has 1 aromatic carbocycles. The molecule has 1 N–H and O–H groups in total. The van der Waals surface area contributed by atoms with E-state index in [2.05, 4.69) is 0 Å². The van der Waals surface area contributed by atoms with E-state index in [4.69, 9.17) is 5.11 Å². The number of benzene rings is 1. The number of imide groups is 1. The molecule has 5 nitrogen and oxygen atoms in total. The molecule has 0 radical (unpaired) electrons. The molecule has 1 aromatic rings. The molecular formula is C15H12FNO4. The Bertz CT molecular complexity index is 656. The third-order valence-electron chi connectivity index (χ3n) is 3.94. The number of nitrogens with zero attached hydrogens (tertiary/aromatic N) is 1. The predicted molar refractivity (Wildman–Crippen MR) is 71.2 cm³/mol. The number of carbonyl (C=O) groups is 3. The van der Waals surface area contributed by atoms with Crippen molar-refractivity contribution >= 4 is 23.5 Å². The summed E-state index contributed by atoms with van der Waals surface area (Å²) in [6.45, 7) is 0. The number of anilines is 1. The lowest BCUT2D eigenvalue weighted by Crippen LogP contribution is -2.31. The molecule has 2 aliphatic rings. The minimum Gasteiger partial charge on any atom is -0.478 e. The Kier molecular flexibility index (Phi) is 3.08. The van der Waals surface area contributed by atoms with Gasteiger partial charge in [0.2, 0.25) is 11.8 Å². The van der Waals surface area contributed by atoms with Gasteiger partial charge >= 0.3 is 5.97 Å². The van der Waals surface area contributed by atoms with Crippen LogP contribution in [0.4, 0.5) is 10.1 Å². The lowest BCUT2D eigenvalue weighted by molar-refractivity contribution is -0.122. The largest absolute Gasteiger partial charge is 0.478 e. The number of fused-ring (bicyclic) bond motifs is 1. The van der Waals surface area contributed by atoms with Crippen LogP contribution in [-0.4, -0.2) is 22.9 Å². The van der Waals surface area contributed by atoms with Crippen LogP contribution in [0.25, 0.3) is 0 Å². The average molecular weight is 289 g/mol. The fourth-order valence-corrected chi connectivity index (χ4v) is 2.85. The molecule has 1 fully saturated rings. The second kappa shape index (κ2) is 4.80. The summed E-state index contributed by atoms with van der Waals surface area (Å²) in [5, 5.41) is 8.96. The second-order valence-corrected chi connectivity index (χ2v) is 5.14. The summed E-state index contributed by atoms with van der Waals surface area (Å²) < 4.78 is 14.0. The van der Waals surface area contributed by atoms with Crippen LogP contribution < -0.4 is 4.90 Å². The van der Waals surface area contributed by atoms with Crippen molar-refractivity contribution in [2.75, 3.05) is 4.90 Å². The number of allylic oxidation sites excluding steroid dienone is 2. The van der Waals surface area contributed by atoms with E-state index in [-0.39, 0.29) is 11.3 Å². The molecule has 0 unspecified atom stereocenters. The van der Waals surface area contributed by atoms with Crippen LogP contribution in [0.2, 0.25) is 0 Å². The first-order chi connectivity index (χ1) is 10.0. The van der Waals surface area contributed by atoms with Crippen molar-refractivity contribution in [1.82, 2.24) is 0 Å². The van der Waals surface area contributed by atoms with Gasteiger partial charge in [-0.2, -0.15) is 0 Å². The number of hydrogen-bond donors (Lipinski definition) is 1. The first-order valence-corrected chi connectivity index (χ1v) is 6.56. The number of aromatic carboxylic acids is 1. The van der Waals surface area contributed by atoms with Gasteiger partial charge in [0.05, 0.1) is 23.1 Å². The zero-order valence-electron chi connectivity index (χ0n) is 11.0. The Morgan fingerprint density at radius 1 is 1.14 bits per heavy atom. The molecule has 0 bridgehead atoms. The Balaban J connectivity index is 2.05. The first-order valence-electron chi connectivity index (χ1n) is 6.56. The van der Waals surface area contributed by atoms with E-state index in [1.165, 1.54) is 0 Å². The van der Waals surface area contributed by atoms with Crippen LogP contribution in [0.1, 0.15) is 23.2 Å². The number of rotatable bonds is 2. The van der Waals surface area contributed by atoms with Crippen molar-refractivity contribution in [1.29, 1.82) is 0 Å².